The van der Waals surface area contributed by atoms with Gasteiger partial charge in [-0.25, -0.2) is 4.79 Å². The number of ether oxygens (including phenoxy) is 4. The number of amides is 2. The van der Waals surface area contributed by atoms with Crippen molar-refractivity contribution in [2.24, 2.45) is 0 Å². The van der Waals surface area contributed by atoms with Gasteiger partial charge in [0.05, 0.1) is 0 Å². The van der Waals surface area contributed by atoms with Crippen molar-refractivity contribution >= 4 is 6.03 Å². The topological polar surface area (TPSA) is 60.5 Å². The molecule has 0 aliphatic heterocycles. The molecule has 7 nitrogen and oxygen atoms in total. The summed E-state index contributed by atoms with van der Waals surface area (Å²) < 4.78 is 21.2. The highest BCUT2D eigenvalue weighted by molar-refractivity contribution is 5.73. The number of hydrogen-bond acceptors (Lipinski definition) is 5. The molecule has 0 unspecified atom stereocenters. The van der Waals surface area contributed by atoms with E-state index in [1.807, 2.05) is 27.7 Å². The summed E-state index contributed by atoms with van der Waals surface area (Å²) >= 11 is 0. The second-order valence-corrected chi connectivity index (χ2v) is 3.85. The van der Waals surface area contributed by atoms with E-state index in [9.17, 15) is 4.79 Å². The number of nitrogens with zero attached hydrogens (tertiary/aromatic N) is 2. The van der Waals surface area contributed by atoms with Crippen molar-refractivity contribution in [2.45, 2.75) is 27.7 Å². The molecule has 120 valence electrons. The fourth-order valence-electron chi connectivity index (χ4n) is 1.30. The largest absolute Gasteiger partial charge is 0.361 e. The minimum Gasteiger partial charge on any atom is -0.361 e. The predicted octanol–water partition coefficient (Wildman–Crippen LogP) is 1.69. The lowest BCUT2D eigenvalue weighted by atomic mass is 10.6. The van der Waals surface area contributed by atoms with Crippen LogP contribution in [0.3, 0.4) is 0 Å². The quantitative estimate of drug-likeness (QED) is 0.512. The van der Waals surface area contributed by atoms with Crippen molar-refractivity contribution < 1.29 is 23.7 Å². The maximum absolute atomic E-state index is 12.4. The molecule has 0 spiro atoms. The zero-order valence-electron chi connectivity index (χ0n) is 13.1. The van der Waals surface area contributed by atoms with E-state index in [1.165, 1.54) is 9.80 Å². The van der Waals surface area contributed by atoms with Gasteiger partial charge in [0.25, 0.3) is 0 Å². The third-order valence-electron chi connectivity index (χ3n) is 2.35. The second-order valence-electron chi connectivity index (χ2n) is 3.85. The van der Waals surface area contributed by atoms with Crippen LogP contribution >= 0.6 is 0 Å². The SMILES string of the molecule is CCOCN(COCC)C(=O)N(COCC)COCC. The summed E-state index contributed by atoms with van der Waals surface area (Å²) in [7, 11) is 0. The first-order chi connectivity index (χ1) is 9.71. The highest BCUT2D eigenvalue weighted by Gasteiger charge is 2.21. The van der Waals surface area contributed by atoms with Crippen molar-refractivity contribution in [1.29, 1.82) is 0 Å². The normalized spacial score (nSPS) is 10.6. The number of carbonyl (C=O) groups excluding carboxylic acids is 1. The van der Waals surface area contributed by atoms with Crippen molar-refractivity contribution in [2.75, 3.05) is 53.4 Å². The van der Waals surface area contributed by atoms with Crippen LogP contribution in [0.4, 0.5) is 4.79 Å². The minimum atomic E-state index is -0.228. The molecule has 0 aromatic heterocycles. The standard InChI is InChI=1S/C13H28N2O5/c1-5-17-9-14(10-18-6-2)13(16)15(11-19-7-3)12-20-8-4/h5-12H2,1-4H3. The third kappa shape index (κ3) is 8.31. The molecule has 0 fully saturated rings. The average Bonchev–Trinajstić information content (AvgIpc) is 2.47. The van der Waals surface area contributed by atoms with E-state index >= 15 is 0 Å². The van der Waals surface area contributed by atoms with Crippen LogP contribution in [-0.2, 0) is 18.9 Å². The average molecular weight is 292 g/mol. The molecular formula is C13H28N2O5. The van der Waals surface area contributed by atoms with E-state index in [0.717, 1.165) is 0 Å². The molecule has 0 heterocycles. The Morgan fingerprint density at radius 3 is 1.10 bits per heavy atom. The fraction of sp³-hybridized carbons (Fsp3) is 0.923. The first-order valence-corrected chi connectivity index (χ1v) is 7.05. The Labute approximate surface area is 121 Å². The molecule has 20 heavy (non-hydrogen) atoms. The van der Waals surface area contributed by atoms with Gasteiger partial charge in [-0.1, -0.05) is 0 Å². The number of rotatable bonds is 12. The number of carbonyl (C=O) groups is 1. The van der Waals surface area contributed by atoms with E-state index in [4.69, 9.17) is 18.9 Å². The van der Waals surface area contributed by atoms with Crippen molar-refractivity contribution in [3.05, 3.63) is 0 Å². The Balaban J connectivity index is 4.54. The lowest BCUT2D eigenvalue weighted by Crippen LogP contribution is -2.47. The van der Waals surface area contributed by atoms with Gasteiger partial charge in [-0.05, 0) is 27.7 Å². The maximum atomic E-state index is 12.4. The van der Waals surface area contributed by atoms with Crippen LogP contribution in [0, 0.1) is 0 Å². The van der Waals surface area contributed by atoms with Crippen LogP contribution in [0.25, 0.3) is 0 Å². The summed E-state index contributed by atoms with van der Waals surface area (Å²) in [6.07, 6.45) is 0. The second kappa shape index (κ2) is 13.1. The molecule has 7 heteroatoms. The highest BCUT2D eigenvalue weighted by Crippen LogP contribution is 2.02. The highest BCUT2D eigenvalue weighted by atomic mass is 16.5. The van der Waals surface area contributed by atoms with E-state index in [2.05, 4.69) is 0 Å². The van der Waals surface area contributed by atoms with Crippen LogP contribution in [0.5, 0.6) is 0 Å². The summed E-state index contributed by atoms with van der Waals surface area (Å²) in [6.45, 7) is 10.4. The predicted molar refractivity (Wildman–Crippen MR) is 75.0 cm³/mol. The van der Waals surface area contributed by atoms with Gasteiger partial charge in [-0.2, -0.15) is 0 Å². The van der Waals surface area contributed by atoms with Gasteiger partial charge in [-0.3, -0.25) is 9.80 Å². The molecule has 0 bridgehead atoms. The smallest absolute Gasteiger partial charge is 0.327 e. The van der Waals surface area contributed by atoms with Crippen molar-refractivity contribution in [3.8, 4) is 0 Å². The van der Waals surface area contributed by atoms with Crippen molar-refractivity contribution in [1.82, 2.24) is 9.80 Å². The summed E-state index contributed by atoms with van der Waals surface area (Å²) in [5.74, 6) is 0. The summed E-state index contributed by atoms with van der Waals surface area (Å²) in [5.41, 5.74) is 0. The maximum Gasteiger partial charge on any atom is 0.327 e. The Bertz CT molecular complexity index is 203. The molecular weight excluding hydrogens is 264 g/mol. The molecule has 0 atom stereocenters. The molecule has 0 radical (unpaired) electrons. The summed E-state index contributed by atoms with van der Waals surface area (Å²) in [4.78, 5) is 15.4. The molecule has 0 saturated heterocycles. The number of hydrogen-bond donors (Lipinski definition) is 0. The Morgan fingerprint density at radius 1 is 0.650 bits per heavy atom. The molecule has 0 aromatic carbocycles. The zero-order valence-corrected chi connectivity index (χ0v) is 13.1. The van der Waals surface area contributed by atoms with E-state index in [-0.39, 0.29) is 33.0 Å². The van der Waals surface area contributed by atoms with Crippen molar-refractivity contribution in [3.63, 3.8) is 0 Å². The van der Waals surface area contributed by atoms with Gasteiger partial charge in [-0.15, -0.1) is 0 Å². The van der Waals surface area contributed by atoms with Gasteiger partial charge < -0.3 is 18.9 Å². The molecule has 0 saturated carbocycles. The number of urea groups is 1. The lowest BCUT2D eigenvalue weighted by molar-refractivity contribution is -0.0560. The molecule has 0 rings (SSSR count). The Hall–Kier alpha value is -0.890. The van der Waals surface area contributed by atoms with Crippen LogP contribution in [0.1, 0.15) is 27.7 Å². The summed E-state index contributed by atoms with van der Waals surface area (Å²) in [5, 5.41) is 0. The molecule has 0 N–H and O–H groups in total. The van der Waals surface area contributed by atoms with E-state index in [1.54, 1.807) is 0 Å². The van der Waals surface area contributed by atoms with Gasteiger partial charge >= 0.3 is 6.03 Å². The van der Waals surface area contributed by atoms with Crippen LogP contribution in [-0.4, -0.2) is 69.2 Å². The summed E-state index contributed by atoms with van der Waals surface area (Å²) in [6, 6.07) is -0.228. The van der Waals surface area contributed by atoms with Gasteiger partial charge in [0.15, 0.2) is 0 Å². The monoisotopic (exact) mass is 292 g/mol. The van der Waals surface area contributed by atoms with E-state index < -0.39 is 0 Å². The molecule has 2 amide bonds. The van der Waals surface area contributed by atoms with Gasteiger partial charge in [0, 0.05) is 26.4 Å². The minimum absolute atomic E-state index is 0.185. The zero-order chi connectivity index (χ0) is 15.2. The van der Waals surface area contributed by atoms with Crippen LogP contribution < -0.4 is 0 Å². The lowest BCUT2D eigenvalue weighted by Gasteiger charge is -2.29. The first kappa shape index (κ1) is 19.1. The third-order valence-corrected chi connectivity index (χ3v) is 2.35. The first-order valence-electron chi connectivity index (χ1n) is 7.05. The fourth-order valence-corrected chi connectivity index (χ4v) is 1.30. The molecule has 0 aliphatic rings. The van der Waals surface area contributed by atoms with Gasteiger partial charge in [0.2, 0.25) is 0 Å². The van der Waals surface area contributed by atoms with Gasteiger partial charge in [0.1, 0.15) is 26.9 Å². The Morgan fingerprint density at radius 2 is 0.900 bits per heavy atom. The molecule has 0 aliphatic carbocycles. The van der Waals surface area contributed by atoms with Crippen LogP contribution in [0.2, 0.25) is 0 Å². The Kier molecular flexibility index (Phi) is 12.5. The van der Waals surface area contributed by atoms with E-state index in [0.29, 0.717) is 26.4 Å². The van der Waals surface area contributed by atoms with Crippen LogP contribution in [0.15, 0.2) is 0 Å². The molecule has 0 aromatic rings.